The summed E-state index contributed by atoms with van der Waals surface area (Å²) in [6.07, 6.45) is 7.92. The van der Waals surface area contributed by atoms with Crippen LogP contribution in [0.5, 0.6) is 0 Å². The Balaban J connectivity index is 2.41. The maximum Gasteiger partial charge on any atom is 0.0293 e. The molecule has 1 rings (SSSR count). The predicted molar refractivity (Wildman–Crippen MR) is 43.4 cm³/mol. The first kappa shape index (κ1) is 8.02. The van der Waals surface area contributed by atoms with E-state index in [4.69, 9.17) is 5.84 Å². The van der Waals surface area contributed by atoms with Gasteiger partial charge in [0, 0.05) is 5.54 Å². The molecule has 0 aromatic rings. The highest BCUT2D eigenvalue weighted by molar-refractivity contribution is 4.82. The average Bonchev–Trinajstić information content (AvgIpc) is 2.15. The van der Waals surface area contributed by atoms with Gasteiger partial charge < -0.3 is 0 Å². The Morgan fingerprint density at radius 2 is 1.60 bits per heavy atom. The second kappa shape index (κ2) is 3.35. The molecule has 0 aromatic heterocycles. The van der Waals surface area contributed by atoms with Crippen LogP contribution in [0.1, 0.15) is 45.4 Å². The third kappa shape index (κ3) is 1.96. The van der Waals surface area contributed by atoms with Crippen molar-refractivity contribution < 1.29 is 0 Å². The van der Waals surface area contributed by atoms with E-state index < -0.39 is 0 Å². The molecule has 0 heterocycles. The summed E-state index contributed by atoms with van der Waals surface area (Å²) in [7, 11) is 0. The number of hydrogen-bond donors (Lipinski definition) is 2. The first-order chi connectivity index (χ1) is 4.77. The van der Waals surface area contributed by atoms with Crippen LogP contribution in [0.3, 0.4) is 0 Å². The fourth-order valence-corrected chi connectivity index (χ4v) is 1.65. The standard InChI is InChI=1S/C8H18N2/c1-8(10-9)6-4-2-3-5-7-8/h10H,2-7,9H2,1H3. The second-order valence-electron chi connectivity index (χ2n) is 3.62. The van der Waals surface area contributed by atoms with E-state index in [-0.39, 0.29) is 5.54 Å². The Bertz CT molecular complexity index is 93.4. The zero-order valence-corrected chi connectivity index (χ0v) is 6.82. The van der Waals surface area contributed by atoms with Gasteiger partial charge in [-0.05, 0) is 19.8 Å². The predicted octanol–water partition coefficient (Wildman–Crippen LogP) is 1.56. The van der Waals surface area contributed by atoms with Crippen LogP contribution in [0.15, 0.2) is 0 Å². The molecule has 0 radical (unpaired) electrons. The van der Waals surface area contributed by atoms with Crippen LogP contribution in [0.4, 0.5) is 0 Å². The molecule has 1 aliphatic rings. The maximum absolute atomic E-state index is 5.46. The fourth-order valence-electron chi connectivity index (χ4n) is 1.65. The zero-order chi connectivity index (χ0) is 7.45. The molecule has 3 N–H and O–H groups in total. The minimum atomic E-state index is 0.233. The Kier molecular flexibility index (Phi) is 2.69. The van der Waals surface area contributed by atoms with Crippen molar-refractivity contribution in [1.82, 2.24) is 5.43 Å². The third-order valence-corrected chi connectivity index (χ3v) is 2.56. The van der Waals surface area contributed by atoms with Crippen molar-refractivity contribution in [2.75, 3.05) is 0 Å². The van der Waals surface area contributed by atoms with Gasteiger partial charge in [0.05, 0.1) is 0 Å². The summed E-state index contributed by atoms with van der Waals surface area (Å²) in [5.74, 6) is 5.46. The van der Waals surface area contributed by atoms with E-state index in [0.29, 0.717) is 0 Å². The van der Waals surface area contributed by atoms with Crippen LogP contribution in [0.25, 0.3) is 0 Å². The van der Waals surface area contributed by atoms with Crippen LogP contribution >= 0.6 is 0 Å². The van der Waals surface area contributed by atoms with Crippen LogP contribution in [-0.4, -0.2) is 5.54 Å². The quantitative estimate of drug-likeness (QED) is 0.331. The molecule has 1 saturated carbocycles. The molecular formula is C8H18N2. The van der Waals surface area contributed by atoms with Gasteiger partial charge in [0.15, 0.2) is 0 Å². The van der Waals surface area contributed by atoms with Gasteiger partial charge in [0.1, 0.15) is 0 Å². The lowest BCUT2D eigenvalue weighted by molar-refractivity contribution is 0.318. The molecule has 2 nitrogen and oxygen atoms in total. The van der Waals surface area contributed by atoms with Crippen molar-refractivity contribution in [1.29, 1.82) is 0 Å². The van der Waals surface area contributed by atoms with Gasteiger partial charge in [-0.2, -0.15) is 0 Å². The van der Waals surface area contributed by atoms with E-state index in [9.17, 15) is 0 Å². The number of rotatable bonds is 1. The van der Waals surface area contributed by atoms with E-state index in [2.05, 4.69) is 12.3 Å². The van der Waals surface area contributed by atoms with Crippen molar-refractivity contribution in [3.8, 4) is 0 Å². The second-order valence-corrected chi connectivity index (χ2v) is 3.62. The van der Waals surface area contributed by atoms with Crippen LogP contribution in [0, 0.1) is 0 Å². The average molecular weight is 142 g/mol. The molecular weight excluding hydrogens is 124 g/mol. The minimum Gasteiger partial charge on any atom is -0.271 e. The summed E-state index contributed by atoms with van der Waals surface area (Å²) in [5.41, 5.74) is 3.15. The SMILES string of the molecule is CC1(NN)CCCCCC1. The van der Waals surface area contributed by atoms with Crippen LogP contribution in [-0.2, 0) is 0 Å². The smallest absolute Gasteiger partial charge is 0.0293 e. The van der Waals surface area contributed by atoms with Crippen LogP contribution < -0.4 is 11.3 Å². The first-order valence-electron chi connectivity index (χ1n) is 4.25. The summed E-state index contributed by atoms with van der Waals surface area (Å²) < 4.78 is 0. The molecule has 2 heteroatoms. The highest BCUT2D eigenvalue weighted by atomic mass is 15.3. The zero-order valence-electron chi connectivity index (χ0n) is 6.82. The van der Waals surface area contributed by atoms with E-state index in [1.54, 1.807) is 0 Å². The molecule has 0 atom stereocenters. The van der Waals surface area contributed by atoms with Gasteiger partial charge in [0.25, 0.3) is 0 Å². The number of nitrogens with one attached hydrogen (secondary N) is 1. The molecule has 0 aliphatic heterocycles. The van der Waals surface area contributed by atoms with Crippen molar-refractivity contribution >= 4 is 0 Å². The lowest BCUT2D eigenvalue weighted by Gasteiger charge is -2.26. The van der Waals surface area contributed by atoms with E-state index in [1.165, 1.54) is 38.5 Å². The molecule has 0 aromatic carbocycles. The summed E-state index contributed by atoms with van der Waals surface area (Å²) >= 11 is 0. The molecule has 0 bridgehead atoms. The van der Waals surface area contributed by atoms with Crippen molar-refractivity contribution in [2.24, 2.45) is 5.84 Å². The Hall–Kier alpha value is -0.0800. The fraction of sp³-hybridized carbons (Fsp3) is 1.00. The first-order valence-corrected chi connectivity index (χ1v) is 4.25. The van der Waals surface area contributed by atoms with Gasteiger partial charge in [-0.1, -0.05) is 25.7 Å². The molecule has 1 fully saturated rings. The van der Waals surface area contributed by atoms with Gasteiger partial charge in [0.2, 0.25) is 0 Å². The Morgan fingerprint density at radius 3 is 2.00 bits per heavy atom. The largest absolute Gasteiger partial charge is 0.271 e. The molecule has 10 heavy (non-hydrogen) atoms. The molecule has 0 spiro atoms. The Morgan fingerprint density at radius 1 is 1.10 bits per heavy atom. The number of nitrogens with two attached hydrogens (primary N) is 1. The molecule has 1 aliphatic carbocycles. The minimum absolute atomic E-state index is 0.233. The normalized spacial score (nSPS) is 25.8. The maximum atomic E-state index is 5.46. The number of hydrazine groups is 1. The van der Waals surface area contributed by atoms with E-state index >= 15 is 0 Å². The van der Waals surface area contributed by atoms with Crippen LogP contribution in [0.2, 0.25) is 0 Å². The topological polar surface area (TPSA) is 38.0 Å². The van der Waals surface area contributed by atoms with Crippen molar-refractivity contribution in [3.05, 3.63) is 0 Å². The monoisotopic (exact) mass is 142 g/mol. The lowest BCUT2D eigenvalue weighted by atomic mass is 9.94. The summed E-state index contributed by atoms with van der Waals surface area (Å²) in [6, 6.07) is 0. The molecule has 0 saturated heterocycles. The summed E-state index contributed by atoms with van der Waals surface area (Å²) in [4.78, 5) is 0. The summed E-state index contributed by atoms with van der Waals surface area (Å²) in [6.45, 7) is 2.22. The highest BCUT2D eigenvalue weighted by Crippen LogP contribution is 2.25. The molecule has 0 unspecified atom stereocenters. The van der Waals surface area contributed by atoms with Gasteiger partial charge in [-0.15, -0.1) is 0 Å². The lowest BCUT2D eigenvalue weighted by Crippen LogP contribution is -2.46. The molecule has 60 valence electrons. The Labute approximate surface area is 63.1 Å². The van der Waals surface area contributed by atoms with Crippen molar-refractivity contribution in [2.45, 2.75) is 51.0 Å². The van der Waals surface area contributed by atoms with Gasteiger partial charge in [-0.25, -0.2) is 0 Å². The highest BCUT2D eigenvalue weighted by Gasteiger charge is 2.22. The van der Waals surface area contributed by atoms with E-state index in [1.807, 2.05) is 0 Å². The number of hydrogen-bond acceptors (Lipinski definition) is 2. The van der Waals surface area contributed by atoms with E-state index in [0.717, 1.165) is 0 Å². The van der Waals surface area contributed by atoms with Crippen molar-refractivity contribution in [3.63, 3.8) is 0 Å². The summed E-state index contributed by atoms with van der Waals surface area (Å²) in [5, 5.41) is 0. The third-order valence-electron chi connectivity index (χ3n) is 2.56. The van der Waals surface area contributed by atoms with Gasteiger partial charge in [-0.3, -0.25) is 11.3 Å². The van der Waals surface area contributed by atoms with Gasteiger partial charge >= 0.3 is 0 Å². The molecule has 0 amide bonds.